The SMILES string of the molecule is CC(OC(=O)c1ccccn1)C(=O)Nc1ccnn1C(C)C. The van der Waals surface area contributed by atoms with Crippen molar-refractivity contribution in [2.24, 2.45) is 0 Å². The number of hydrogen-bond donors (Lipinski definition) is 1. The summed E-state index contributed by atoms with van der Waals surface area (Å²) in [7, 11) is 0. The predicted molar refractivity (Wildman–Crippen MR) is 80.4 cm³/mol. The van der Waals surface area contributed by atoms with E-state index < -0.39 is 18.0 Å². The Morgan fingerprint density at radius 1 is 1.18 bits per heavy atom. The van der Waals surface area contributed by atoms with E-state index in [0.717, 1.165) is 0 Å². The van der Waals surface area contributed by atoms with E-state index in [1.807, 2.05) is 13.8 Å². The molecule has 1 N–H and O–H groups in total. The van der Waals surface area contributed by atoms with Crippen LogP contribution in [0.2, 0.25) is 0 Å². The van der Waals surface area contributed by atoms with Crippen molar-refractivity contribution in [2.45, 2.75) is 32.9 Å². The van der Waals surface area contributed by atoms with Crippen LogP contribution in [0, 0.1) is 0 Å². The first-order chi connectivity index (χ1) is 10.5. The van der Waals surface area contributed by atoms with Crippen molar-refractivity contribution in [1.82, 2.24) is 14.8 Å². The summed E-state index contributed by atoms with van der Waals surface area (Å²) >= 11 is 0. The second kappa shape index (κ2) is 6.84. The molecule has 0 saturated heterocycles. The normalized spacial score (nSPS) is 12.0. The highest BCUT2D eigenvalue weighted by atomic mass is 16.5. The zero-order valence-corrected chi connectivity index (χ0v) is 12.7. The average molecular weight is 302 g/mol. The molecule has 7 heteroatoms. The number of aromatic nitrogens is 3. The number of ether oxygens (including phenoxy) is 1. The van der Waals surface area contributed by atoms with E-state index in [0.29, 0.717) is 5.82 Å². The van der Waals surface area contributed by atoms with Crippen LogP contribution in [-0.4, -0.2) is 32.7 Å². The lowest BCUT2D eigenvalue weighted by Gasteiger charge is -2.15. The van der Waals surface area contributed by atoms with Gasteiger partial charge in [0.05, 0.1) is 6.20 Å². The Labute approximate surface area is 128 Å². The maximum Gasteiger partial charge on any atom is 0.357 e. The van der Waals surface area contributed by atoms with Crippen molar-refractivity contribution in [1.29, 1.82) is 0 Å². The van der Waals surface area contributed by atoms with Crippen LogP contribution in [0.4, 0.5) is 5.82 Å². The number of rotatable bonds is 5. The molecule has 0 aromatic carbocycles. The summed E-state index contributed by atoms with van der Waals surface area (Å²) in [4.78, 5) is 27.8. The van der Waals surface area contributed by atoms with Crippen LogP contribution in [0.1, 0.15) is 37.3 Å². The molecule has 0 aliphatic heterocycles. The van der Waals surface area contributed by atoms with Gasteiger partial charge in [0.2, 0.25) is 0 Å². The zero-order chi connectivity index (χ0) is 16.1. The second-order valence-electron chi connectivity index (χ2n) is 5.01. The van der Waals surface area contributed by atoms with Gasteiger partial charge >= 0.3 is 5.97 Å². The Kier molecular flexibility index (Phi) is 4.88. The smallest absolute Gasteiger partial charge is 0.357 e. The maximum absolute atomic E-state index is 12.1. The van der Waals surface area contributed by atoms with Gasteiger partial charge in [0.15, 0.2) is 6.10 Å². The zero-order valence-electron chi connectivity index (χ0n) is 12.7. The predicted octanol–water partition coefficient (Wildman–Crippen LogP) is 2.04. The highest BCUT2D eigenvalue weighted by Gasteiger charge is 2.21. The number of anilines is 1. The third-order valence-corrected chi connectivity index (χ3v) is 2.94. The van der Waals surface area contributed by atoms with E-state index in [9.17, 15) is 9.59 Å². The highest BCUT2D eigenvalue weighted by molar-refractivity contribution is 5.96. The molecule has 2 heterocycles. The molecule has 116 valence electrons. The quantitative estimate of drug-likeness (QED) is 0.854. The number of pyridine rings is 1. The first kappa shape index (κ1) is 15.7. The van der Waals surface area contributed by atoms with Gasteiger partial charge in [-0.1, -0.05) is 6.07 Å². The van der Waals surface area contributed by atoms with Gasteiger partial charge in [-0.15, -0.1) is 0 Å². The third-order valence-electron chi connectivity index (χ3n) is 2.94. The van der Waals surface area contributed by atoms with Crippen LogP contribution in [0.5, 0.6) is 0 Å². The fourth-order valence-corrected chi connectivity index (χ4v) is 1.81. The Morgan fingerprint density at radius 2 is 1.95 bits per heavy atom. The van der Waals surface area contributed by atoms with E-state index in [-0.39, 0.29) is 11.7 Å². The van der Waals surface area contributed by atoms with Crippen molar-refractivity contribution in [3.63, 3.8) is 0 Å². The number of carbonyl (C=O) groups excluding carboxylic acids is 2. The summed E-state index contributed by atoms with van der Waals surface area (Å²) in [6.07, 6.45) is 2.15. The summed E-state index contributed by atoms with van der Waals surface area (Å²) in [5.41, 5.74) is 0.161. The summed E-state index contributed by atoms with van der Waals surface area (Å²) in [6.45, 7) is 5.41. The third kappa shape index (κ3) is 3.69. The molecular formula is C15H18N4O3. The van der Waals surface area contributed by atoms with E-state index in [2.05, 4.69) is 15.4 Å². The Hall–Kier alpha value is -2.70. The van der Waals surface area contributed by atoms with Crippen molar-refractivity contribution in [3.8, 4) is 0 Å². The summed E-state index contributed by atoms with van der Waals surface area (Å²) in [5.74, 6) is -0.506. The minimum absolute atomic E-state index is 0.108. The molecular weight excluding hydrogens is 284 g/mol. The van der Waals surface area contributed by atoms with Crippen LogP contribution in [0.15, 0.2) is 36.7 Å². The molecule has 0 fully saturated rings. The van der Waals surface area contributed by atoms with Gasteiger partial charge in [0.1, 0.15) is 11.5 Å². The molecule has 0 saturated carbocycles. The lowest BCUT2D eigenvalue weighted by Crippen LogP contribution is -2.31. The molecule has 2 aromatic heterocycles. The molecule has 0 aliphatic carbocycles. The van der Waals surface area contributed by atoms with E-state index in [4.69, 9.17) is 4.74 Å². The molecule has 1 amide bonds. The largest absolute Gasteiger partial charge is 0.448 e. The van der Waals surface area contributed by atoms with Gasteiger partial charge in [-0.05, 0) is 32.9 Å². The molecule has 7 nitrogen and oxygen atoms in total. The molecule has 1 unspecified atom stereocenters. The Balaban J connectivity index is 1.98. The van der Waals surface area contributed by atoms with E-state index in [1.54, 1.807) is 29.1 Å². The fraction of sp³-hybridized carbons (Fsp3) is 0.333. The standard InChI is InChI=1S/C15H18N4O3/c1-10(2)19-13(7-9-17-19)18-14(20)11(3)22-15(21)12-6-4-5-8-16-12/h4-11H,1-3H3,(H,18,20). The second-order valence-corrected chi connectivity index (χ2v) is 5.01. The van der Waals surface area contributed by atoms with Gasteiger partial charge in [-0.25, -0.2) is 14.5 Å². The van der Waals surface area contributed by atoms with Crippen molar-refractivity contribution in [2.75, 3.05) is 5.32 Å². The molecule has 2 rings (SSSR count). The van der Waals surface area contributed by atoms with Crippen LogP contribution in [0.3, 0.4) is 0 Å². The topological polar surface area (TPSA) is 86.1 Å². The minimum atomic E-state index is -0.940. The Bertz CT molecular complexity index is 652. The summed E-state index contributed by atoms with van der Waals surface area (Å²) in [5, 5.41) is 6.81. The summed E-state index contributed by atoms with van der Waals surface area (Å²) in [6, 6.07) is 6.69. The molecule has 22 heavy (non-hydrogen) atoms. The van der Waals surface area contributed by atoms with Crippen LogP contribution in [0.25, 0.3) is 0 Å². The van der Waals surface area contributed by atoms with Crippen LogP contribution in [-0.2, 0) is 9.53 Å². The van der Waals surface area contributed by atoms with Gasteiger partial charge in [0, 0.05) is 18.3 Å². The number of esters is 1. The average Bonchev–Trinajstić information content (AvgIpc) is 2.96. The van der Waals surface area contributed by atoms with E-state index in [1.165, 1.54) is 19.2 Å². The first-order valence-corrected chi connectivity index (χ1v) is 6.95. The molecule has 0 bridgehead atoms. The number of carbonyl (C=O) groups is 2. The van der Waals surface area contributed by atoms with Crippen molar-refractivity contribution >= 4 is 17.7 Å². The van der Waals surface area contributed by atoms with Crippen LogP contribution < -0.4 is 5.32 Å². The number of nitrogens with one attached hydrogen (secondary N) is 1. The molecule has 0 spiro atoms. The minimum Gasteiger partial charge on any atom is -0.448 e. The Morgan fingerprint density at radius 3 is 2.59 bits per heavy atom. The lowest BCUT2D eigenvalue weighted by atomic mass is 10.3. The van der Waals surface area contributed by atoms with Crippen molar-refractivity contribution < 1.29 is 14.3 Å². The van der Waals surface area contributed by atoms with Gasteiger partial charge < -0.3 is 10.1 Å². The molecule has 2 aromatic rings. The first-order valence-electron chi connectivity index (χ1n) is 6.95. The highest BCUT2D eigenvalue weighted by Crippen LogP contribution is 2.13. The number of hydrogen-bond acceptors (Lipinski definition) is 5. The molecule has 0 aliphatic rings. The molecule has 1 atom stereocenters. The summed E-state index contributed by atoms with van der Waals surface area (Å²) < 4.78 is 6.78. The number of nitrogens with zero attached hydrogens (tertiary/aromatic N) is 3. The van der Waals surface area contributed by atoms with Gasteiger partial charge in [-0.2, -0.15) is 5.10 Å². The van der Waals surface area contributed by atoms with Gasteiger partial charge in [-0.3, -0.25) is 4.79 Å². The monoisotopic (exact) mass is 302 g/mol. The lowest BCUT2D eigenvalue weighted by molar-refractivity contribution is -0.123. The maximum atomic E-state index is 12.1. The van der Waals surface area contributed by atoms with Gasteiger partial charge in [0.25, 0.3) is 5.91 Å². The molecule has 0 radical (unpaired) electrons. The fourth-order valence-electron chi connectivity index (χ4n) is 1.81. The van der Waals surface area contributed by atoms with Crippen molar-refractivity contribution in [3.05, 3.63) is 42.4 Å². The number of amides is 1. The van der Waals surface area contributed by atoms with Crippen LogP contribution >= 0.6 is 0 Å². The van der Waals surface area contributed by atoms with E-state index >= 15 is 0 Å².